The first-order valence-corrected chi connectivity index (χ1v) is 22.3. The molecule has 2 aliphatic rings. The summed E-state index contributed by atoms with van der Waals surface area (Å²) in [4.78, 5) is 7.60. The second-order valence-corrected chi connectivity index (χ2v) is 17.0. The minimum atomic E-state index is 0.0103. The number of fused-ring (bicyclic) bond motifs is 5. The Balaban J connectivity index is 1.02. The highest BCUT2D eigenvalue weighted by Gasteiger charge is 2.26. The van der Waals surface area contributed by atoms with Gasteiger partial charge in [0.15, 0.2) is 5.58 Å². The average Bonchev–Trinajstić information content (AvgIpc) is 3.82. The minimum absolute atomic E-state index is 0.0103. The Hall–Kier alpha value is -8.01. The molecule has 0 radical (unpaired) electrons. The quantitative estimate of drug-likeness (QED) is 0.153. The van der Waals surface area contributed by atoms with Crippen LogP contribution in [0.3, 0.4) is 0 Å². The van der Waals surface area contributed by atoms with E-state index < -0.39 is 0 Å². The molecule has 0 N–H and O–H groups in total. The van der Waals surface area contributed by atoms with Crippen LogP contribution in [0.5, 0.6) is 0 Å². The fourth-order valence-electron chi connectivity index (χ4n) is 10.1. The molecule has 0 saturated carbocycles. The molecular formula is C61H44N2O. The molecule has 0 bridgehead atoms. The smallest absolute Gasteiger partial charge is 0.227 e. The Bertz CT molecular complexity index is 3580. The van der Waals surface area contributed by atoms with Crippen molar-refractivity contribution in [2.24, 2.45) is 0 Å². The van der Waals surface area contributed by atoms with E-state index in [1.165, 1.54) is 65.9 Å². The van der Waals surface area contributed by atoms with Crippen molar-refractivity contribution >= 4 is 55.7 Å². The highest BCUT2D eigenvalue weighted by molar-refractivity contribution is 6.05. The summed E-state index contributed by atoms with van der Waals surface area (Å²) in [6.45, 7) is 0. The van der Waals surface area contributed by atoms with Gasteiger partial charge in [0.05, 0.1) is 6.04 Å². The van der Waals surface area contributed by atoms with Crippen LogP contribution in [0.15, 0.2) is 229 Å². The van der Waals surface area contributed by atoms with Crippen molar-refractivity contribution < 1.29 is 4.42 Å². The van der Waals surface area contributed by atoms with Crippen molar-refractivity contribution in [1.29, 1.82) is 0 Å². The van der Waals surface area contributed by atoms with E-state index in [9.17, 15) is 0 Å². The van der Waals surface area contributed by atoms with Crippen molar-refractivity contribution in [2.45, 2.75) is 24.8 Å². The summed E-state index contributed by atoms with van der Waals surface area (Å²) in [6, 6.07) is 72.8. The van der Waals surface area contributed by atoms with E-state index in [1.807, 2.05) is 30.3 Å². The van der Waals surface area contributed by atoms with Gasteiger partial charge in [-0.2, -0.15) is 0 Å². The maximum atomic E-state index is 6.28. The fraction of sp³-hybridized carbons (Fsp3) is 0.0656. The zero-order chi connectivity index (χ0) is 42.4. The molecule has 0 fully saturated rings. The van der Waals surface area contributed by atoms with Crippen LogP contribution in [-0.2, 0) is 0 Å². The summed E-state index contributed by atoms with van der Waals surface area (Å²) in [5.74, 6) is 0.970. The first kappa shape index (κ1) is 37.7. The third kappa shape index (κ3) is 6.83. The second-order valence-electron chi connectivity index (χ2n) is 17.0. The van der Waals surface area contributed by atoms with Crippen LogP contribution in [0.2, 0.25) is 0 Å². The molecule has 2 aliphatic carbocycles. The minimum Gasteiger partial charge on any atom is -0.436 e. The summed E-state index contributed by atoms with van der Waals surface area (Å²) < 4.78 is 6.28. The van der Waals surface area contributed by atoms with Crippen molar-refractivity contribution in [3.8, 4) is 33.7 Å². The molecule has 0 amide bonds. The van der Waals surface area contributed by atoms with Crippen LogP contribution >= 0.6 is 0 Å². The Morgan fingerprint density at radius 3 is 2.17 bits per heavy atom. The predicted molar refractivity (Wildman–Crippen MR) is 267 cm³/mol. The van der Waals surface area contributed by atoms with Gasteiger partial charge in [0.25, 0.3) is 0 Å². The van der Waals surface area contributed by atoms with Crippen LogP contribution in [0.4, 0.5) is 11.4 Å². The lowest BCUT2D eigenvalue weighted by Gasteiger charge is -2.35. The molecule has 3 heteroatoms. The zero-order valence-electron chi connectivity index (χ0n) is 35.3. The normalized spacial score (nSPS) is 15.7. The van der Waals surface area contributed by atoms with Crippen molar-refractivity contribution in [1.82, 2.24) is 4.98 Å². The monoisotopic (exact) mass is 820 g/mol. The summed E-state index contributed by atoms with van der Waals surface area (Å²) in [5, 5.41) is 7.24. The van der Waals surface area contributed by atoms with E-state index in [-0.39, 0.29) is 6.04 Å². The van der Waals surface area contributed by atoms with E-state index in [0.29, 0.717) is 11.8 Å². The summed E-state index contributed by atoms with van der Waals surface area (Å²) >= 11 is 0. The first-order chi connectivity index (χ1) is 31.7. The Labute approximate surface area is 372 Å². The maximum Gasteiger partial charge on any atom is 0.227 e. The summed E-state index contributed by atoms with van der Waals surface area (Å²) in [5.41, 5.74) is 13.7. The Morgan fingerprint density at radius 1 is 0.516 bits per heavy atom. The van der Waals surface area contributed by atoms with Crippen molar-refractivity contribution in [3.05, 3.63) is 246 Å². The SMILES string of the molecule is C1=CCC(c2cccc(N(c3ccc(-c4cccc5ccccc45)c(-c4ccccc4)c3)C3C=c4ccccc4=C(c4ccc5c(ccc6oc(-c7ccccc7)nc65)c4)C3)c2)C=C1. The zero-order valence-corrected chi connectivity index (χ0v) is 35.3. The lowest BCUT2D eigenvalue weighted by atomic mass is 9.87. The lowest BCUT2D eigenvalue weighted by Crippen LogP contribution is -2.40. The predicted octanol–water partition coefficient (Wildman–Crippen LogP) is 14.3. The number of aromatic nitrogens is 1. The Morgan fingerprint density at radius 2 is 1.30 bits per heavy atom. The number of allylic oxidation sites excluding steroid dienone is 4. The van der Waals surface area contributed by atoms with Gasteiger partial charge in [0.1, 0.15) is 5.52 Å². The third-order valence-electron chi connectivity index (χ3n) is 13.1. The maximum absolute atomic E-state index is 6.28. The molecule has 1 heterocycles. The van der Waals surface area contributed by atoms with Crippen LogP contribution in [0, 0.1) is 0 Å². The molecule has 2 atom stereocenters. The molecule has 1 aromatic heterocycles. The molecule has 9 aromatic carbocycles. The summed E-state index contributed by atoms with van der Waals surface area (Å²) in [6.07, 6.45) is 13.2. The average molecular weight is 821 g/mol. The highest BCUT2D eigenvalue weighted by Crippen LogP contribution is 2.43. The van der Waals surface area contributed by atoms with E-state index >= 15 is 0 Å². The van der Waals surface area contributed by atoms with Crippen LogP contribution in [0.25, 0.3) is 78.0 Å². The van der Waals surface area contributed by atoms with Crippen LogP contribution in [0.1, 0.15) is 29.9 Å². The fourth-order valence-corrected chi connectivity index (χ4v) is 10.1. The lowest BCUT2D eigenvalue weighted by molar-refractivity contribution is 0.620. The van der Waals surface area contributed by atoms with Crippen molar-refractivity contribution in [3.63, 3.8) is 0 Å². The molecule has 64 heavy (non-hydrogen) atoms. The van der Waals surface area contributed by atoms with Gasteiger partial charge in [-0.15, -0.1) is 0 Å². The van der Waals surface area contributed by atoms with E-state index in [1.54, 1.807) is 0 Å². The van der Waals surface area contributed by atoms with Gasteiger partial charge >= 0.3 is 0 Å². The summed E-state index contributed by atoms with van der Waals surface area (Å²) in [7, 11) is 0. The number of benzene rings is 9. The molecule has 0 spiro atoms. The number of rotatable bonds is 8. The van der Waals surface area contributed by atoms with E-state index in [2.05, 4.69) is 205 Å². The van der Waals surface area contributed by atoms with E-state index in [4.69, 9.17) is 9.40 Å². The molecule has 0 aliphatic heterocycles. The van der Waals surface area contributed by atoms with Crippen molar-refractivity contribution in [2.75, 3.05) is 4.90 Å². The number of nitrogens with zero attached hydrogens (tertiary/aromatic N) is 2. The highest BCUT2D eigenvalue weighted by atomic mass is 16.3. The number of hydrogen-bond acceptors (Lipinski definition) is 3. The molecule has 2 unspecified atom stereocenters. The second kappa shape index (κ2) is 16.0. The van der Waals surface area contributed by atoms with Gasteiger partial charge < -0.3 is 9.32 Å². The first-order valence-electron chi connectivity index (χ1n) is 22.3. The Kier molecular flexibility index (Phi) is 9.45. The van der Waals surface area contributed by atoms with Gasteiger partial charge in [-0.25, -0.2) is 4.98 Å². The molecule has 0 saturated heterocycles. The topological polar surface area (TPSA) is 29.3 Å². The standard InChI is InChI=1S/C61H44N2O/c1-4-16-41(17-5-1)45-25-14-26-49(37-45)63(50-32-34-56(57(39-50)43-18-6-2-7-19-43)55-29-15-24-42-20-10-12-27-52(42)55)51-38-46-23-11-13-28-53(46)58(40-51)48-30-33-54-47(36-48)31-35-59-60(54)62-61(64-59)44-21-8-3-9-22-44/h1-16,18-39,41,51H,17,40H2. The molecule has 304 valence electrons. The molecule has 3 nitrogen and oxygen atoms in total. The van der Waals surface area contributed by atoms with Crippen LogP contribution in [-0.4, -0.2) is 11.0 Å². The molecule has 12 rings (SSSR count). The van der Waals surface area contributed by atoms with Gasteiger partial charge in [-0.05, 0) is 127 Å². The third-order valence-corrected chi connectivity index (χ3v) is 13.1. The van der Waals surface area contributed by atoms with E-state index in [0.717, 1.165) is 46.0 Å². The van der Waals surface area contributed by atoms with Gasteiger partial charge in [0.2, 0.25) is 5.89 Å². The number of hydrogen-bond donors (Lipinski definition) is 0. The van der Waals surface area contributed by atoms with Crippen LogP contribution < -0.4 is 15.3 Å². The molecule has 10 aromatic rings. The largest absolute Gasteiger partial charge is 0.436 e. The number of oxazole rings is 1. The van der Waals surface area contributed by atoms with Gasteiger partial charge in [-0.3, -0.25) is 0 Å². The van der Waals surface area contributed by atoms with Gasteiger partial charge in [-0.1, -0.05) is 182 Å². The van der Waals surface area contributed by atoms with Gasteiger partial charge in [0, 0.05) is 28.2 Å². The molecular weight excluding hydrogens is 777 g/mol. The number of anilines is 2.